The number of benzene rings is 1. The highest BCUT2D eigenvalue weighted by molar-refractivity contribution is 5.56. The second-order valence-corrected chi connectivity index (χ2v) is 3.98. The van der Waals surface area contributed by atoms with Crippen LogP contribution in [0.5, 0.6) is 5.75 Å². The molecule has 1 aliphatic heterocycles. The summed E-state index contributed by atoms with van der Waals surface area (Å²) in [7, 11) is 1.64. The second-order valence-electron chi connectivity index (χ2n) is 3.98. The van der Waals surface area contributed by atoms with Gasteiger partial charge in [-0.2, -0.15) is 4.98 Å². The second kappa shape index (κ2) is 4.18. The summed E-state index contributed by atoms with van der Waals surface area (Å²) in [6.45, 7) is 1.02. The number of rotatable bonds is 3. The highest BCUT2D eigenvalue weighted by Gasteiger charge is 2.24. The Labute approximate surface area is 98.8 Å². The Hall–Kier alpha value is -1.88. The van der Waals surface area contributed by atoms with Crippen LogP contribution in [-0.2, 0) is 0 Å². The van der Waals surface area contributed by atoms with Gasteiger partial charge in [-0.25, -0.2) is 0 Å². The average Bonchev–Trinajstić information content (AvgIpc) is 2.76. The fourth-order valence-corrected chi connectivity index (χ4v) is 1.76. The van der Waals surface area contributed by atoms with Gasteiger partial charge in [0.25, 0.3) is 0 Å². The summed E-state index contributed by atoms with van der Waals surface area (Å²) in [6.07, 6.45) is 1.06. The van der Waals surface area contributed by atoms with Crippen LogP contribution in [0.1, 0.15) is 18.4 Å². The quantitative estimate of drug-likeness (QED) is 0.872. The summed E-state index contributed by atoms with van der Waals surface area (Å²) >= 11 is 0. The zero-order chi connectivity index (χ0) is 11.7. The van der Waals surface area contributed by atoms with Crippen LogP contribution in [0.2, 0.25) is 0 Å². The maximum absolute atomic E-state index is 5.23. The highest BCUT2D eigenvalue weighted by Crippen LogP contribution is 2.25. The zero-order valence-electron chi connectivity index (χ0n) is 9.51. The monoisotopic (exact) mass is 231 g/mol. The molecule has 2 aromatic rings. The van der Waals surface area contributed by atoms with Crippen molar-refractivity contribution in [2.45, 2.75) is 12.5 Å². The zero-order valence-corrected chi connectivity index (χ0v) is 9.51. The minimum absolute atomic E-state index is 0.224. The van der Waals surface area contributed by atoms with Gasteiger partial charge in [0, 0.05) is 5.56 Å². The molecule has 0 bridgehead atoms. The van der Waals surface area contributed by atoms with Gasteiger partial charge in [-0.1, -0.05) is 17.3 Å². The average molecular weight is 231 g/mol. The van der Waals surface area contributed by atoms with E-state index < -0.39 is 0 Å². The summed E-state index contributed by atoms with van der Waals surface area (Å²) in [4.78, 5) is 4.38. The molecule has 2 heterocycles. The fourth-order valence-electron chi connectivity index (χ4n) is 1.76. The van der Waals surface area contributed by atoms with E-state index in [0.29, 0.717) is 11.7 Å². The Morgan fingerprint density at radius 1 is 1.47 bits per heavy atom. The third-order valence-corrected chi connectivity index (χ3v) is 2.89. The van der Waals surface area contributed by atoms with Gasteiger partial charge in [-0.15, -0.1) is 0 Å². The molecule has 0 radical (unpaired) electrons. The Kier molecular flexibility index (Phi) is 2.53. The summed E-state index contributed by atoms with van der Waals surface area (Å²) in [6, 6.07) is 7.85. The lowest BCUT2D eigenvalue weighted by Crippen LogP contribution is -2.35. The Morgan fingerprint density at radius 3 is 3.06 bits per heavy atom. The molecule has 1 aromatic carbocycles. The summed E-state index contributed by atoms with van der Waals surface area (Å²) in [5, 5.41) is 7.21. The largest absolute Gasteiger partial charge is 0.497 e. The van der Waals surface area contributed by atoms with Crippen LogP contribution in [-0.4, -0.2) is 23.8 Å². The first-order chi connectivity index (χ1) is 8.36. The third-order valence-electron chi connectivity index (χ3n) is 2.89. The van der Waals surface area contributed by atoms with Gasteiger partial charge in [0.1, 0.15) is 5.75 Å². The topological polar surface area (TPSA) is 60.2 Å². The molecular formula is C12H13N3O2. The summed E-state index contributed by atoms with van der Waals surface area (Å²) in [5.41, 5.74) is 0.902. The van der Waals surface area contributed by atoms with Crippen LogP contribution in [0.15, 0.2) is 28.8 Å². The molecule has 5 nitrogen and oxygen atoms in total. The fraction of sp³-hybridized carbons (Fsp3) is 0.333. The molecule has 1 aliphatic rings. The molecule has 0 spiro atoms. The minimum atomic E-state index is 0.224. The number of aromatic nitrogens is 2. The molecule has 1 N–H and O–H groups in total. The molecule has 5 heteroatoms. The first-order valence-corrected chi connectivity index (χ1v) is 5.58. The van der Waals surface area contributed by atoms with Crippen molar-refractivity contribution in [1.29, 1.82) is 0 Å². The van der Waals surface area contributed by atoms with Crippen molar-refractivity contribution < 1.29 is 9.26 Å². The molecule has 0 saturated carbocycles. The number of hydrogen-bond donors (Lipinski definition) is 1. The van der Waals surface area contributed by atoms with Crippen LogP contribution in [0, 0.1) is 0 Å². The third kappa shape index (κ3) is 1.89. The first kappa shape index (κ1) is 10.3. The van der Waals surface area contributed by atoms with Gasteiger partial charge < -0.3 is 14.6 Å². The molecule has 1 saturated heterocycles. The molecule has 1 fully saturated rings. The van der Waals surface area contributed by atoms with Gasteiger partial charge in [0.05, 0.1) is 13.2 Å². The number of nitrogens with one attached hydrogen (secondary N) is 1. The van der Waals surface area contributed by atoms with Crippen molar-refractivity contribution in [3.63, 3.8) is 0 Å². The normalized spacial score (nSPS) is 18.8. The molecule has 1 aromatic heterocycles. The van der Waals surface area contributed by atoms with E-state index in [9.17, 15) is 0 Å². The van der Waals surface area contributed by atoms with Crippen LogP contribution in [0.4, 0.5) is 0 Å². The van der Waals surface area contributed by atoms with Crippen molar-refractivity contribution in [1.82, 2.24) is 15.5 Å². The van der Waals surface area contributed by atoms with Gasteiger partial charge >= 0.3 is 0 Å². The number of hydrogen-bond acceptors (Lipinski definition) is 5. The van der Waals surface area contributed by atoms with E-state index >= 15 is 0 Å². The van der Waals surface area contributed by atoms with E-state index in [-0.39, 0.29) is 6.04 Å². The van der Waals surface area contributed by atoms with E-state index in [4.69, 9.17) is 9.26 Å². The lowest BCUT2D eigenvalue weighted by Gasteiger charge is -2.23. The standard InChI is InChI=1S/C12H13N3O2/c1-16-9-4-2-3-8(7-9)11-14-12(17-15-11)10-5-6-13-10/h2-4,7,10,13H,5-6H2,1H3/t10-/m1/s1. The van der Waals surface area contributed by atoms with Crippen molar-refractivity contribution in [2.24, 2.45) is 0 Å². The molecule has 88 valence electrons. The van der Waals surface area contributed by atoms with Crippen LogP contribution >= 0.6 is 0 Å². The SMILES string of the molecule is COc1cccc(-c2noc([C@H]3CCN3)n2)c1. The highest BCUT2D eigenvalue weighted by atomic mass is 16.5. The summed E-state index contributed by atoms with van der Waals surface area (Å²) in [5.74, 6) is 2.05. The van der Waals surface area contributed by atoms with E-state index in [1.54, 1.807) is 7.11 Å². The van der Waals surface area contributed by atoms with Gasteiger partial charge in [-0.05, 0) is 25.1 Å². The number of ether oxygens (including phenoxy) is 1. The minimum Gasteiger partial charge on any atom is -0.497 e. The molecule has 3 rings (SSSR count). The smallest absolute Gasteiger partial charge is 0.244 e. The molecule has 0 unspecified atom stereocenters. The van der Waals surface area contributed by atoms with Gasteiger partial charge in [0.15, 0.2) is 0 Å². The Bertz CT molecular complexity index is 520. The predicted octanol–water partition coefficient (Wildman–Crippen LogP) is 1.78. The number of methoxy groups -OCH3 is 1. The van der Waals surface area contributed by atoms with Gasteiger partial charge in [-0.3, -0.25) is 0 Å². The molecule has 0 aliphatic carbocycles. The Morgan fingerprint density at radius 2 is 2.35 bits per heavy atom. The van der Waals surface area contributed by atoms with Crippen LogP contribution in [0.3, 0.4) is 0 Å². The van der Waals surface area contributed by atoms with E-state index in [2.05, 4.69) is 15.5 Å². The van der Waals surface area contributed by atoms with Crippen molar-refractivity contribution in [3.8, 4) is 17.1 Å². The van der Waals surface area contributed by atoms with Crippen LogP contribution < -0.4 is 10.1 Å². The van der Waals surface area contributed by atoms with E-state index in [1.165, 1.54) is 0 Å². The van der Waals surface area contributed by atoms with E-state index in [1.807, 2.05) is 24.3 Å². The maximum atomic E-state index is 5.23. The summed E-state index contributed by atoms with van der Waals surface area (Å²) < 4.78 is 10.4. The van der Waals surface area contributed by atoms with Crippen molar-refractivity contribution in [3.05, 3.63) is 30.2 Å². The molecule has 17 heavy (non-hydrogen) atoms. The molecule has 0 amide bonds. The Balaban J connectivity index is 1.89. The lowest BCUT2D eigenvalue weighted by atomic mass is 10.1. The molecule has 1 atom stereocenters. The predicted molar refractivity (Wildman–Crippen MR) is 61.6 cm³/mol. The first-order valence-electron chi connectivity index (χ1n) is 5.58. The maximum Gasteiger partial charge on any atom is 0.244 e. The van der Waals surface area contributed by atoms with Crippen LogP contribution in [0.25, 0.3) is 11.4 Å². The molecular weight excluding hydrogens is 218 g/mol. The number of nitrogens with zero attached hydrogens (tertiary/aromatic N) is 2. The van der Waals surface area contributed by atoms with Gasteiger partial charge in [0.2, 0.25) is 11.7 Å². The van der Waals surface area contributed by atoms with Crippen molar-refractivity contribution >= 4 is 0 Å². The van der Waals surface area contributed by atoms with E-state index in [0.717, 1.165) is 24.3 Å². The van der Waals surface area contributed by atoms with Crippen molar-refractivity contribution in [2.75, 3.05) is 13.7 Å². The lowest BCUT2D eigenvalue weighted by molar-refractivity contribution is 0.273.